The molecule has 2 aromatic carbocycles. The SMILES string of the molecule is Cc1ccc(C(=O)C2CCN(C(=O)CCn3cnc4ccccc4c3=O)CC2)c(C)c1. The molecule has 1 amide bonds. The van der Waals surface area contributed by atoms with E-state index in [1.807, 2.05) is 49.1 Å². The molecule has 31 heavy (non-hydrogen) atoms. The van der Waals surface area contributed by atoms with E-state index in [9.17, 15) is 14.4 Å². The molecular formula is C25H27N3O3. The van der Waals surface area contributed by atoms with Crippen LogP contribution in [0.3, 0.4) is 0 Å². The van der Waals surface area contributed by atoms with Gasteiger partial charge in [0.15, 0.2) is 5.78 Å². The number of fused-ring (bicyclic) bond motifs is 1. The number of ketones is 1. The predicted octanol–water partition coefficient (Wildman–Crippen LogP) is 3.52. The van der Waals surface area contributed by atoms with E-state index < -0.39 is 0 Å². The molecule has 0 unspecified atom stereocenters. The molecule has 1 saturated heterocycles. The van der Waals surface area contributed by atoms with Gasteiger partial charge in [-0.05, 0) is 44.4 Å². The summed E-state index contributed by atoms with van der Waals surface area (Å²) in [4.78, 5) is 44.3. The summed E-state index contributed by atoms with van der Waals surface area (Å²) in [6.07, 6.45) is 3.10. The highest BCUT2D eigenvalue weighted by Gasteiger charge is 2.28. The number of aryl methyl sites for hydroxylation is 3. The van der Waals surface area contributed by atoms with Crippen molar-refractivity contribution in [2.45, 2.75) is 39.7 Å². The van der Waals surface area contributed by atoms with E-state index in [1.165, 1.54) is 10.9 Å². The van der Waals surface area contributed by atoms with Gasteiger partial charge in [0, 0.05) is 37.5 Å². The summed E-state index contributed by atoms with van der Waals surface area (Å²) in [5.41, 5.74) is 3.48. The lowest BCUT2D eigenvalue weighted by Crippen LogP contribution is -2.41. The van der Waals surface area contributed by atoms with Crippen molar-refractivity contribution in [3.05, 3.63) is 75.8 Å². The molecule has 4 rings (SSSR count). The van der Waals surface area contributed by atoms with Gasteiger partial charge in [0.25, 0.3) is 5.56 Å². The largest absolute Gasteiger partial charge is 0.343 e. The van der Waals surface area contributed by atoms with Crippen molar-refractivity contribution in [2.24, 2.45) is 5.92 Å². The number of amides is 1. The van der Waals surface area contributed by atoms with Crippen LogP contribution >= 0.6 is 0 Å². The maximum atomic E-state index is 12.9. The first-order valence-corrected chi connectivity index (χ1v) is 10.8. The van der Waals surface area contributed by atoms with Gasteiger partial charge in [-0.25, -0.2) is 4.98 Å². The van der Waals surface area contributed by atoms with Gasteiger partial charge in [0.2, 0.25) is 5.91 Å². The molecular weight excluding hydrogens is 390 g/mol. The normalized spacial score (nSPS) is 14.7. The van der Waals surface area contributed by atoms with E-state index in [-0.39, 0.29) is 29.6 Å². The van der Waals surface area contributed by atoms with Crippen LogP contribution in [0.15, 0.2) is 53.6 Å². The summed E-state index contributed by atoms with van der Waals surface area (Å²) in [7, 11) is 0. The lowest BCUT2D eigenvalue weighted by atomic mass is 9.87. The Balaban J connectivity index is 1.34. The molecule has 0 atom stereocenters. The van der Waals surface area contributed by atoms with Gasteiger partial charge < -0.3 is 4.90 Å². The summed E-state index contributed by atoms with van der Waals surface area (Å²) >= 11 is 0. The minimum atomic E-state index is -0.129. The lowest BCUT2D eigenvalue weighted by molar-refractivity contribution is -0.132. The Bertz CT molecular complexity index is 1190. The average molecular weight is 418 g/mol. The van der Waals surface area contributed by atoms with Crippen molar-refractivity contribution in [2.75, 3.05) is 13.1 Å². The van der Waals surface area contributed by atoms with E-state index in [0.717, 1.165) is 16.7 Å². The number of nitrogens with zero attached hydrogens (tertiary/aromatic N) is 3. The molecule has 1 aromatic heterocycles. The number of rotatable bonds is 5. The zero-order valence-electron chi connectivity index (χ0n) is 18.0. The standard InChI is InChI=1S/C25H27N3O3/c1-17-7-8-20(18(2)15-17)24(30)19-9-12-27(13-10-19)23(29)11-14-28-16-26-22-6-4-3-5-21(22)25(28)31/h3-8,15-16,19H,9-14H2,1-2H3. The molecule has 0 saturated carbocycles. The Morgan fingerprint density at radius 1 is 1.06 bits per heavy atom. The molecule has 6 heteroatoms. The van der Waals surface area contributed by atoms with Crippen molar-refractivity contribution in [3.63, 3.8) is 0 Å². The summed E-state index contributed by atoms with van der Waals surface area (Å²) in [6, 6.07) is 13.1. The van der Waals surface area contributed by atoms with Crippen LogP contribution in [0.4, 0.5) is 0 Å². The number of hydrogen-bond donors (Lipinski definition) is 0. The molecule has 160 valence electrons. The number of hydrogen-bond acceptors (Lipinski definition) is 4. The van der Waals surface area contributed by atoms with E-state index in [2.05, 4.69) is 4.98 Å². The molecule has 0 radical (unpaired) electrons. The number of para-hydroxylation sites is 1. The van der Waals surface area contributed by atoms with Crippen molar-refractivity contribution in [1.29, 1.82) is 0 Å². The second-order valence-corrected chi connectivity index (χ2v) is 8.35. The van der Waals surface area contributed by atoms with E-state index in [1.54, 1.807) is 12.1 Å². The Kier molecular flexibility index (Phi) is 5.98. The zero-order valence-corrected chi connectivity index (χ0v) is 18.0. The highest BCUT2D eigenvalue weighted by Crippen LogP contribution is 2.24. The predicted molar refractivity (Wildman–Crippen MR) is 120 cm³/mol. The Morgan fingerprint density at radius 2 is 1.81 bits per heavy atom. The molecule has 2 heterocycles. The minimum absolute atomic E-state index is 0.0116. The van der Waals surface area contributed by atoms with Crippen LogP contribution in [0.2, 0.25) is 0 Å². The van der Waals surface area contributed by atoms with Crippen LogP contribution in [0.5, 0.6) is 0 Å². The van der Waals surface area contributed by atoms with Gasteiger partial charge >= 0.3 is 0 Å². The Morgan fingerprint density at radius 3 is 2.55 bits per heavy atom. The number of piperidine rings is 1. The second-order valence-electron chi connectivity index (χ2n) is 8.35. The number of carbonyl (C=O) groups is 2. The van der Waals surface area contributed by atoms with Gasteiger partial charge in [0.1, 0.15) is 0 Å². The van der Waals surface area contributed by atoms with E-state index >= 15 is 0 Å². The third kappa shape index (κ3) is 4.43. The fourth-order valence-electron chi connectivity index (χ4n) is 4.34. The monoisotopic (exact) mass is 417 g/mol. The number of Topliss-reactive ketones (excluding diaryl/α,β-unsaturated/α-hetero) is 1. The van der Waals surface area contributed by atoms with Gasteiger partial charge in [-0.2, -0.15) is 0 Å². The average Bonchev–Trinajstić information content (AvgIpc) is 2.78. The van der Waals surface area contributed by atoms with Crippen molar-refractivity contribution >= 4 is 22.6 Å². The summed E-state index contributed by atoms with van der Waals surface area (Å²) < 4.78 is 1.50. The third-order valence-electron chi connectivity index (χ3n) is 6.16. The maximum absolute atomic E-state index is 12.9. The lowest BCUT2D eigenvalue weighted by Gasteiger charge is -2.31. The van der Waals surface area contributed by atoms with Gasteiger partial charge in [-0.15, -0.1) is 0 Å². The van der Waals surface area contributed by atoms with Crippen LogP contribution < -0.4 is 5.56 Å². The van der Waals surface area contributed by atoms with Crippen molar-refractivity contribution in [1.82, 2.24) is 14.5 Å². The summed E-state index contributed by atoms with van der Waals surface area (Å²) in [5.74, 6) is 0.147. The van der Waals surface area contributed by atoms with E-state index in [4.69, 9.17) is 0 Å². The quantitative estimate of drug-likeness (QED) is 0.596. The van der Waals surface area contributed by atoms with Gasteiger partial charge in [-0.1, -0.05) is 35.9 Å². The number of carbonyl (C=O) groups excluding carboxylic acids is 2. The molecule has 0 bridgehead atoms. The summed E-state index contributed by atoms with van der Waals surface area (Å²) in [6.45, 7) is 5.45. The van der Waals surface area contributed by atoms with Crippen LogP contribution in [-0.2, 0) is 11.3 Å². The molecule has 1 aliphatic rings. The fraction of sp³-hybridized carbons (Fsp3) is 0.360. The number of likely N-dealkylation sites (tertiary alicyclic amines) is 1. The van der Waals surface area contributed by atoms with Crippen LogP contribution in [-0.4, -0.2) is 39.2 Å². The van der Waals surface area contributed by atoms with Crippen molar-refractivity contribution < 1.29 is 9.59 Å². The van der Waals surface area contributed by atoms with Crippen LogP contribution in [0.1, 0.15) is 40.7 Å². The van der Waals surface area contributed by atoms with Crippen LogP contribution in [0.25, 0.3) is 10.9 Å². The maximum Gasteiger partial charge on any atom is 0.261 e. The first-order chi connectivity index (χ1) is 14.9. The molecule has 0 aliphatic carbocycles. The topological polar surface area (TPSA) is 72.3 Å². The van der Waals surface area contributed by atoms with Gasteiger partial charge in [0.05, 0.1) is 17.2 Å². The van der Waals surface area contributed by atoms with E-state index in [0.29, 0.717) is 43.4 Å². The molecule has 3 aromatic rings. The molecule has 6 nitrogen and oxygen atoms in total. The van der Waals surface area contributed by atoms with Crippen LogP contribution in [0, 0.1) is 19.8 Å². The number of aromatic nitrogens is 2. The number of benzene rings is 2. The third-order valence-corrected chi connectivity index (χ3v) is 6.16. The summed E-state index contributed by atoms with van der Waals surface area (Å²) in [5, 5.41) is 0.558. The molecule has 0 N–H and O–H groups in total. The second kappa shape index (κ2) is 8.84. The Labute approximate surface area is 181 Å². The first kappa shape index (κ1) is 21.0. The fourth-order valence-corrected chi connectivity index (χ4v) is 4.34. The smallest absolute Gasteiger partial charge is 0.261 e. The zero-order chi connectivity index (χ0) is 22.0. The molecule has 1 fully saturated rings. The Hall–Kier alpha value is -3.28. The minimum Gasteiger partial charge on any atom is -0.343 e. The highest BCUT2D eigenvalue weighted by atomic mass is 16.2. The van der Waals surface area contributed by atoms with Gasteiger partial charge in [-0.3, -0.25) is 19.0 Å². The van der Waals surface area contributed by atoms with Crippen molar-refractivity contribution in [3.8, 4) is 0 Å². The first-order valence-electron chi connectivity index (χ1n) is 10.8. The highest BCUT2D eigenvalue weighted by molar-refractivity contribution is 5.99. The molecule has 1 aliphatic heterocycles. The molecule has 0 spiro atoms.